The van der Waals surface area contributed by atoms with E-state index in [0.29, 0.717) is 19.0 Å². The average molecular weight is 359 g/mol. The summed E-state index contributed by atoms with van der Waals surface area (Å²) in [5.74, 6) is 2.54. The molecule has 1 amide bonds. The van der Waals surface area contributed by atoms with E-state index in [0.717, 1.165) is 30.4 Å². The summed E-state index contributed by atoms with van der Waals surface area (Å²) in [7, 11) is 0. The molecule has 0 bridgehead atoms. The van der Waals surface area contributed by atoms with Crippen LogP contribution in [-0.4, -0.2) is 40.4 Å². The standard InChI is InChI=1S/C19H22N4O.ClH/c1-14-11-17(21-19(20-14)16-7-8-16)22-9-10-23(18(24)13-22)12-15-5-3-2-4-6-15;/h2-6,11,16H,7-10,12-13H2,1H3;1H. The molecule has 0 spiro atoms. The molecule has 0 N–H and O–H groups in total. The highest BCUT2D eigenvalue weighted by atomic mass is 35.5. The summed E-state index contributed by atoms with van der Waals surface area (Å²) in [6, 6.07) is 12.1. The van der Waals surface area contributed by atoms with E-state index in [4.69, 9.17) is 4.98 Å². The van der Waals surface area contributed by atoms with Gasteiger partial charge in [-0.25, -0.2) is 9.97 Å². The molecule has 0 atom stereocenters. The number of rotatable bonds is 4. The van der Waals surface area contributed by atoms with Crippen molar-refractivity contribution >= 4 is 24.1 Å². The van der Waals surface area contributed by atoms with E-state index in [-0.39, 0.29) is 18.3 Å². The number of halogens is 1. The zero-order valence-corrected chi connectivity index (χ0v) is 15.2. The highest BCUT2D eigenvalue weighted by Crippen LogP contribution is 2.38. The minimum absolute atomic E-state index is 0. The Morgan fingerprint density at radius 3 is 2.56 bits per heavy atom. The van der Waals surface area contributed by atoms with Gasteiger partial charge in [0, 0.05) is 37.3 Å². The minimum Gasteiger partial charge on any atom is -0.345 e. The number of anilines is 1. The Morgan fingerprint density at radius 2 is 1.88 bits per heavy atom. The second-order valence-corrected chi connectivity index (χ2v) is 6.72. The van der Waals surface area contributed by atoms with E-state index >= 15 is 0 Å². The molecule has 5 nitrogen and oxygen atoms in total. The molecular weight excluding hydrogens is 336 g/mol. The summed E-state index contributed by atoms with van der Waals surface area (Å²) in [6.45, 7) is 4.64. The maximum atomic E-state index is 12.5. The van der Waals surface area contributed by atoms with Crippen LogP contribution in [0.15, 0.2) is 36.4 Å². The van der Waals surface area contributed by atoms with Crippen LogP contribution in [0.1, 0.15) is 35.8 Å². The molecule has 6 heteroatoms. The van der Waals surface area contributed by atoms with Crippen LogP contribution in [0.5, 0.6) is 0 Å². The quantitative estimate of drug-likeness (QED) is 0.843. The lowest BCUT2D eigenvalue weighted by Crippen LogP contribution is -2.50. The number of aromatic nitrogens is 2. The van der Waals surface area contributed by atoms with Crippen molar-refractivity contribution in [2.24, 2.45) is 0 Å². The molecule has 1 saturated carbocycles. The van der Waals surface area contributed by atoms with E-state index in [1.165, 1.54) is 18.4 Å². The first kappa shape index (κ1) is 17.7. The minimum atomic E-state index is 0. The number of benzene rings is 1. The van der Waals surface area contributed by atoms with Gasteiger partial charge in [-0.3, -0.25) is 4.79 Å². The number of hydrogen-bond donors (Lipinski definition) is 0. The van der Waals surface area contributed by atoms with Gasteiger partial charge in [-0.2, -0.15) is 0 Å². The van der Waals surface area contributed by atoms with Crippen molar-refractivity contribution < 1.29 is 4.79 Å². The fourth-order valence-corrected chi connectivity index (χ4v) is 3.14. The van der Waals surface area contributed by atoms with Crippen molar-refractivity contribution in [3.05, 3.63) is 53.5 Å². The number of nitrogens with zero attached hydrogens (tertiary/aromatic N) is 4. The highest BCUT2D eigenvalue weighted by Gasteiger charge is 2.29. The van der Waals surface area contributed by atoms with Gasteiger partial charge in [-0.1, -0.05) is 30.3 Å². The molecule has 132 valence electrons. The monoisotopic (exact) mass is 358 g/mol. The molecule has 2 fully saturated rings. The zero-order valence-electron chi connectivity index (χ0n) is 14.4. The van der Waals surface area contributed by atoms with Crippen LogP contribution in [-0.2, 0) is 11.3 Å². The van der Waals surface area contributed by atoms with Crippen LogP contribution in [0.4, 0.5) is 5.82 Å². The molecule has 1 aromatic heterocycles. The van der Waals surface area contributed by atoms with Gasteiger partial charge in [0.25, 0.3) is 0 Å². The topological polar surface area (TPSA) is 49.3 Å². The fourth-order valence-electron chi connectivity index (χ4n) is 3.14. The van der Waals surface area contributed by atoms with Gasteiger partial charge in [0.15, 0.2) is 0 Å². The van der Waals surface area contributed by atoms with Crippen LogP contribution < -0.4 is 4.90 Å². The Labute approximate surface area is 154 Å². The lowest BCUT2D eigenvalue weighted by atomic mass is 10.2. The normalized spacial score (nSPS) is 17.4. The van der Waals surface area contributed by atoms with Gasteiger partial charge in [0.1, 0.15) is 11.6 Å². The first-order valence-electron chi connectivity index (χ1n) is 8.61. The van der Waals surface area contributed by atoms with Crippen molar-refractivity contribution in [3.8, 4) is 0 Å². The molecular formula is C19H23ClN4O. The van der Waals surface area contributed by atoms with Crippen LogP contribution in [0.3, 0.4) is 0 Å². The van der Waals surface area contributed by atoms with Crippen LogP contribution in [0.25, 0.3) is 0 Å². The van der Waals surface area contributed by atoms with Crippen molar-refractivity contribution in [2.75, 3.05) is 24.5 Å². The Bertz CT molecular complexity index is 748. The number of amides is 1. The maximum absolute atomic E-state index is 12.5. The number of carbonyl (C=O) groups is 1. The van der Waals surface area contributed by atoms with Gasteiger partial charge < -0.3 is 9.80 Å². The van der Waals surface area contributed by atoms with Crippen molar-refractivity contribution in [2.45, 2.75) is 32.2 Å². The third kappa shape index (κ3) is 4.10. The largest absolute Gasteiger partial charge is 0.345 e. The predicted molar refractivity (Wildman–Crippen MR) is 100 cm³/mol. The van der Waals surface area contributed by atoms with Crippen LogP contribution in [0, 0.1) is 6.92 Å². The highest BCUT2D eigenvalue weighted by molar-refractivity contribution is 5.85. The van der Waals surface area contributed by atoms with Crippen molar-refractivity contribution in [1.29, 1.82) is 0 Å². The first-order chi connectivity index (χ1) is 11.7. The third-order valence-corrected chi connectivity index (χ3v) is 4.66. The van der Waals surface area contributed by atoms with Crippen molar-refractivity contribution in [1.82, 2.24) is 14.9 Å². The molecule has 1 saturated heterocycles. The Hall–Kier alpha value is -2.14. The molecule has 25 heavy (non-hydrogen) atoms. The Kier molecular flexibility index (Phi) is 5.23. The molecule has 2 heterocycles. The van der Waals surface area contributed by atoms with Gasteiger partial charge in [0.05, 0.1) is 6.54 Å². The Morgan fingerprint density at radius 1 is 1.12 bits per heavy atom. The van der Waals surface area contributed by atoms with Crippen LogP contribution in [0.2, 0.25) is 0 Å². The molecule has 1 aromatic carbocycles. The molecule has 1 aliphatic carbocycles. The van der Waals surface area contributed by atoms with E-state index < -0.39 is 0 Å². The second-order valence-electron chi connectivity index (χ2n) is 6.72. The van der Waals surface area contributed by atoms with Gasteiger partial charge in [-0.15, -0.1) is 12.4 Å². The maximum Gasteiger partial charge on any atom is 0.242 e. The summed E-state index contributed by atoms with van der Waals surface area (Å²) in [6.07, 6.45) is 2.37. The lowest BCUT2D eigenvalue weighted by molar-refractivity contribution is -0.131. The van der Waals surface area contributed by atoms with E-state index in [1.54, 1.807) is 0 Å². The van der Waals surface area contributed by atoms with Crippen LogP contribution >= 0.6 is 12.4 Å². The van der Waals surface area contributed by atoms with Crippen molar-refractivity contribution in [3.63, 3.8) is 0 Å². The molecule has 2 aromatic rings. The summed E-state index contributed by atoms with van der Waals surface area (Å²) >= 11 is 0. The average Bonchev–Trinajstić information content (AvgIpc) is 3.42. The second kappa shape index (κ2) is 7.40. The lowest BCUT2D eigenvalue weighted by Gasteiger charge is -2.35. The number of piperazine rings is 1. The molecule has 1 aliphatic heterocycles. The summed E-state index contributed by atoms with van der Waals surface area (Å²) < 4.78 is 0. The van der Waals surface area contributed by atoms with Gasteiger partial charge in [0.2, 0.25) is 5.91 Å². The third-order valence-electron chi connectivity index (χ3n) is 4.66. The molecule has 2 aliphatic rings. The molecule has 4 rings (SSSR count). The number of carbonyl (C=O) groups excluding carboxylic acids is 1. The summed E-state index contributed by atoms with van der Waals surface area (Å²) in [5.41, 5.74) is 2.16. The SMILES string of the molecule is Cc1cc(N2CCN(Cc3ccccc3)C(=O)C2)nc(C2CC2)n1.Cl. The molecule has 0 unspecified atom stereocenters. The summed E-state index contributed by atoms with van der Waals surface area (Å²) in [4.78, 5) is 25.8. The van der Waals surface area contributed by atoms with Gasteiger partial charge in [-0.05, 0) is 25.3 Å². The first-order valence-corrected chi connectivity index (χ1v) is 8.61. The number of aryl methyl sites for hydroxylation is 1. The van der Waals surface area contributed by atoms with E-state index in [2.05, 4.69) is 22.0 Å². The number of hydrogen-bond acceptors (Lipinski definition) is 4. The molecule has 0 radical (unpaired) electrons. The van der Waals surface area contributed by atoms with E-state index in [1.807, 2.05) is 36.1 Å². The fraction of sp³-hybridized carbons (Fsp3) is 0.421. The Balaban J connectivity index is 0.00000182. The summed E-state index contributed by atoms with van der Waals surface area (Å²) in [5, 5.41) is 0. The predicted octanol–water partition coefficient (Wildman–Crippen LogP) is 2.93. The van der Waals surface area contributed by atoms with Gasteiger partial charge >= 0.3 is 0 Å². The zero-order chi connectivity index (χ0) is 16.5. The van der Waals surface area contributed by atoms with E-state index in [9.17, 15) is 4.79 Å². The smallest absolute Gasteiger partial charge is 0.242 e.